The molecule has 5 nitrogen and oxygen atoms in total. The van der Waals surface area contributed by atoms with Crippen molar-refractivity contribution in [2.24, 2.45) is 0 Å². The lowest BCUT2D eigenvalue weighted by atomic mass is 10.1. The summed E-state index contributed by atoms with van der Waals surface area (Å²) in [6.07, 6.45) is 1.67. The Morgan fingerprint density at radius 2 is 1.87 bits per heavy atom. The molecule has 5 heteroatoms. The molecular weight excluding hydrogens is 290 g/mol. The molecule has 0 aliphatic carbocycles. The summed E-state index contributed by atoms with van der Waals surface area (Å²) in [6.45, 7) is 1.84. The number of carbonyl (C=O) groups is 1. The monoisotopic (exact) mass is 307 g/mol. The Hall–Kier alpha value is -2.95. The lowest BCUT2D eigenvalue weighted by Crippen LogP contribution is -2.31. The molecule has 1 heterocycles. The van der Waals surface area contributed by atoms with Gasteiger partial charge in [-0.05, 0) is 18.6 Å². The quantitative estimate of drug-likeness (QED) is 0.787. The highest BCUT2D eigenvalue weighted by Gasteiger charge is 2.11. The number of nitrogens with zero attached hydrogens (tertiary/aromatic N) is 2. The van der Waals surface area contributed by atoms with Gasteiger partial charge in [0.25, 0.3) is 5.91 Å². The first-order valence-corrected chi connectivity index (χ1v) is 7.41. The predicted molar refractivity (Wildman–Crippen MR) is 88.0 cm³/mol. The second kappa shape index (κ2) is 6.87. The first-order valence-electron chi connectivity index (χ1n) is 7.41. The van der Waals surface area contributed by atoms with Gasteiger partial charge in [-0.25, -0.2) is 0 Å². The van der Waals surface area contributed by atoms with Gasteiger partial charge in [0.1, 0.15) is 0 Å². The van der Waals surface area contributed by atoms with Crippen molar-refractivity contribution in [2.45, 2.75) is 13.0 Å². The number of amides is 1. The van der Waals surface area contributed by atoms with Crippen molar-refractivity contribution in [3.8, 4) is 5.88 Å². The van der Waals surface area contributed by atoms with Crippen LogP contribution in [-0.4, -0.2) is 22.7 Å². The molecule has 1 unspecified atom stereocenters. The van der Waals surface area contributed by atoms with Crippen LogP contribution in [-0.2, 0) is 4.79 Å². The number of aromatic nitrogens is 2. The van der Waals surface area contributed by atoms with Crippen molar-refractivity contribution in [1.82, 2.24) is 15.5 Å². The van der Waals surface area contributed by atoms with Crippen LogP contribution in [0.5, 0.6) is 5.88 Å². The fourth-order valence-electron chi connectivity index (χ4n) is 2.35. The van der Waals surface area contributed by atoms with Gasteiger partial charge in [-0.1, -0.05) is 48.5 Å². The molecule has 116 valence electrons. The number of rotatable bonds is 5. The molecule has 3 aromatic rings. The van der Waals surface area contributed by atoms with Crippen molar-refractivity contribution in [2.75, 3.05) is 6.61 Å². The molecule has 1 atom stereocenters. The summed E-state index contributed by atoms with van der Waals surface area (Å²) < 4.78 is 5.53. The largest absolute Gasteiger partial charge is 0.466 e. The topological polar surface area (TPSA) is 64.1 Å². The Morgan fingerprint density at radius 3 is 2.70 bits per heavy atom. The maximum atomic E-state index is 12.1. The van der Waals surface area contributed by atoms with E-state index >= 15 is 0 Å². The zero-order chi connectivity index (χ0) is 16.1. The fraction of sp³-hybridized carbons (Fsp3) is 0.167. The van der Waals surface area contributed by atoms with Gasteiger partial charge < -0.3 is 10.1 Å². The van der Waals surface area contributed by atoms with Crippen LogP contribution in [0.4, 0.5) is 0 Å². The van der Waals surface area contributed by atoms with E-state index in [9.17, 15) is 4.79 Å². The fourth-order valence-corrected chi connectivity index (χ4v) is 2.35. The van der Waals surface area contributed by atoms with Gasteiger partial charge in [0.2, 0.25) is 5.88 Å². The van der Waals surface area contributed by atoms with E-state index in [0.29, 0.717) is 5.88 Å². The molecular formula is C18H17N3O2. The van der Waals surface area contributed by atoms with E-state index in [-0.39, 0.29) is 18.6 Å². The summed E-state index contributed by atoms with van der Waals surface area (Å²) in [7, 11) is 0. The number of benzene rings is 2. The van der Waals surface area contributed by atoms with E-state index in [4.69, 9.17) is 4.74 Å². The molecule has 1 N–H and O–H groups in total. The Morgan fingerprint density at radius 1 is 1.13 bits per heavy atom. The van der Waals surface area contributed by atoms with E-state index in [1.54, 1.807) is 6.20 Å². The highest BCUT2D eigenvalue weighted by atomic mass is 16.5. The van der Waals surface area contributed by atoms with Gasteiger partial charge >= 0.3 is 0 Å². The molecule has 0 bridgehead atoms. The molecule has 0 saturated carbocycles. The summed E-state index contributed by atoms with van der Waals surface area (Å²) >= 11 is 0. The van der Waals surface area contributed by atoms with Crippen LogP contribution in [0, 0.1) is 0 Å². The Balaban J connectivity index is 1.62. The van der Waals surface area contributed by atoms with Crippen LogP contribution < -0.4 is 10.1 Å². The van der Waals surface area contributed by atoms with Crippen molar-refractivity contribution < 1.29 is 9.53 Å². The average Bonchev–Trinajstić information content (AvgIpc) is 2.60. The summed E-state index contributed by atoms with van der Waals surface area (Å²) in [5.41, 5.74) is 1.05. The maximum absolute atomic E-state index is 12.1. The summed E-state index contributed by atoms with van der Waals surface area (Å²) in [5.74, 6) is 0.168. The Kier molecular flexibility index (Phi) is 4.47. The SMILES string of the molecule is CC(NC(=O)COc1nncc2ccccc12)c1ccccc1. The normalized spacial score (nSPS) is 11.9. The van der Waals surface area contributed by atoms with Crippen LogP contribution >= 0.6 is 0 Å². The summed E-state index contributed by atoms with van der Waals surface area (Å²) in [5, 5.41) is 12.5. The standard InChI is InChI=1S/C18H17N3O2/c1-13(14-7-3-2-4-8-14)20-17(22)12-23-18-16-10-6-5-9-15(16)11-19-21-18/h2-11,13H,12H2,1H3,(H,20,22). The van der Waals surface area contributed by atoms with Gasteiger partial charge in [-0.2, -0.15) is 5.10 Å². The lowest BCUT2D eigenvalue weighted by molar-refractivity contribution is -0.123. The van der Waals surface area contributed by atoms with Crippen LogP contribution in [0.2, 0.25) is 0 Å². The zero-order valence-corrected chi connectivity index (χ0v) is 12.8. The summed E-state index contributed by atoms with van der Waals surface area (Å²) in [4.78, 5) is 12.1. The second-order valence-electron chi connectivity index (χ2n) is 5.23. The van der Waals surface area contributed by atoms with Crippen LogP contribution in [0.15, 0.2) is 60.8 Å². The van der Waals surface area contributed by atoms with E-state index < -0.39 is 0 Å². The number of fused-ring (bicyclic) bond motifs is 1. The predicted octanol–water partition coefficient (Wildman–Crippen LogP) is 2.89. The molecule has 0 radical (unpaired) electrons. The van der Waals surface area contributed by atoms with Crippen LogP contribution in [0.1, 0.15) is 18.5 Å². The minimum atomic E-state index is -0.198. The smallest absolute Gasteiger partial charge is 0.258 e. The van der Waals surface area contributed by atoms with E-state index in [2.05, 4.69) is 15.5 Å². The first-order chi connectivity index (χ1) is 11.2. The minimum absolute atomic E-state index is 0.0779. The molecule has 0 fully saturated rings. The number of hydrogen-bond acceptors (Lipinski definition) is 4. The van der Waals surface area contributed by atoms with E-state index in [0.717, 1.165) is 16.3 Å². The summed E-state index contributed by atoms with van der Waals surface area (Å²) in [6, 6.07) is 17.3. The highest BCUT2D eigenvalue weighted by Crippen LogP contribution is 2.21. The van der Waals surface area contributed by atoms with Gasteiger partial charge in [0.15, 0.2) is 6.61 Å². The number of hydrogen-bond donors (Lipinski definition) is 1. The van der Waals surface area contributed by atoms with Crippen LogP contribution in [0.25, 0.3) is 10.8 Å². The molecule has 1 aromatic heterocycles. The molecule has 3 rings (SSSR count). The molecule has 0 spiro atoms. The molecule has 2 aromatic carbocycles. The average molecular weight is 307 g/mol. The molecule has 23 heavy (non-hydrogen) atoms. The van der Waals surface area contributed by atoms with Crippen LogP contribution in [0.3, 0.4) is 0 Å². The number of nitrogens with one attached hydrogen (secondary N) is 1. The van der Waals surface area contributed by atoms with Gasteiger partial charge in [0.05, 0.1) is 12.2 Å². The van der Waals surface area contributed by atoms with E-state index in [1.807, 2.05) is 61.5 Å². The molecule has 0 saturated heterocycles. The molecule has 0 aliphatic heterocycles. The third-order valence-electron chi connectivity index (χ3n) is 3.55. The van der Waals surface area contributed by atoms with Gasteiger partial charge in [-0.3, -0.25) is 4.79 Å². The lowest BCUT2D eigenvalue weighted by Gasteiger charge is -2.14. The van der Waals surface area contributed by atoms with Gasteiger partial charge in [-0.15, -0.1) is 5.10 Å². The maximum Gasteiger partial charge on any atom is 0.258 e. The van der Waals surface area contributed by atoms with Crippen molar-refractivity contribution in [1.29, 1.82) is 0 Å². The number of carbonyl (C=O) groups excluding carboxylic acids is 1. The van der Waals surface area contributed by atoms with Crippen molar-refractivity contribution in [3.63, 3.8) is 0 Å². The molecule has 1 amide bonds. The Labute approximate surface area is 134 Å². The minimum Gasteiger partial charge on any atom is -0.466 e. The van der Waals surface area contributed by atoms with E-state index in [1.165, 1.54) is 0 Å². The van der Waals surface area contributed by atoms with Crippen molar-refractivity contribution in [3.05, 3.63) is 66.4 Å². The second-order valence-corrected chi connectivity index (χ2v) is 5.23. The molecule has 0 aliphatic rings. The van der Waals surface area contributed by atoms with Crippen molar-refractivity contribution >= 4 is 16.7 Å². The first kappa shape index (κ1) is 15.0. The Bertz CT molecular complexity index is 800. The number of ether oxygens (including phenoxy) is 1. The highest BCUT2D eigenvalue weighted by molar-refractivity contribution is 5.86. The zero-order valence-electron chi connectivity index (χ0n) is 12.8. The third-order valence-corrected chi connectivity index (χ3v) is 3.55. The third kappa shape index (κ3) is 3.63. The van der Waals surface area contributed by atoms with Gasteiger partial charge in [0, 0.05) is 10.8 Å².